The van der Waals surface area contributed by atoms with Crippen LogP contribution >= 0.6 is 15.9 Å². The van der Waals surface area contributed by atoms with E-state index >= 15 is 0 Å². The van der Waals surface area contributed by atoms with Crippen LogP contribution in [-0.4, -0.2) is 25.7 Å². The topological polar surface area (TPSA) is 104 Å². The molecule has 7 nitrogen and oxygen atoms in total. The van der Waals surface area contributed by atoms with Crippen LogP contribution in [0, 0.1) is 0 Å². The van der Waals surface area contributed by atoms with Crippen molar-refractivity contribution in [1.29, 1.82) is 0 Å². The van der Waals surface area contributed by atoms with E-state index in [1.807, 2.05) is 30.3 Å². The zero-order chi connectivity index (χ0) is 21.1. The average Bonchev–Trinajstić information content (AvgIpc) is 2.76. The van der Waals surface area contributed by atoms with Gasteiger partial charge in [-0.3, -0.25) is 9.59 Å². The Morgan fingerprint density at radius 2 is 1.70 bits per heavy atom. The number of carbonyl (C=O) groups is 1. The van der Waals surface area contributed by atoms with Gasteiger partial charge in [-0.1, -0.05) is 30.3 Å². The fourth-order valence-corrected chi connectivity index (χ4v) is 3.20. The Morgan fingerprint density at radius 1 is 0.967 bits per heavy atom. The van der Waals surface area contributed by atoms with Crippen molar-refractivity contribution in [3.63, 3.8) is 0 Å². The van der Waals surface area contributed by atoms with Crippen molar-refractivity contribution < 1.29 is 4.79 Å². The smallest absolute Gasteiger partial charge is 0.267 e. The second-order valence-electron chi connectivity index (χ2n) is 6.58. The number of nitrogens with two attached hydrogens (primary N) is 1. The van der Waals surface area contributed by atoms with Crippen molar-refractivity contribution in [2.24, 2.45) is 5.73 Å². The molecule has 2 aromatic heterocycles. The van der Waals surface area contributed by atoms with Gasteiger partial charge in [-0.15, -0.1) is 0 Å². The van der Waals surface area contributed by atoms with Crippen LogP contribution in [0.15, 0.2) is 82.3 Å². The molecule has 1 amide bonds. The van der Waals surface area contributed by atoms with E-state index in [0.29, 0.717) is 22.6 Å². The number of carbonyl (C=O) groups excluding carboxylic acids is 1. The van der Waals surface area contributed by atoms with Gasteiger partial charge < -0.3 is 5.73 Å². The van der Waals surface area contributed by atoms with Crippen molar-refractivity contribution in [3.8, 4) is 22.6 Å². The summed E-state index contributed by atoms with van der Waals surface area (Å²) < 4.78 is 2.18. The lowest BCUT2D eigenvalue weighted by Crippen LogP contribution is -2.22. The van der Waals surface area contributed by atoms with Gasteiger partial charge >= 0.3 is 0 Å². The zero-order valence-electron chi connectivity index (χ0n) is 15.7. The highest BCUT2D eigenvalue weighted by Gasteiger charge is 2.08. The number of hydrogen-bond acceptors (Lipinski definition) is 5. The third kappa shape index (κ3) is 4.33. The van der Waals surface area contributed by atoms with Gasteiger partial charge in [-0.05, 0) is 45.8 Å². The first kappa shape index (κ1) is 19.7. The summed E-state index contributed by atoms with van der Waals surface area (Å²) in [6, 6.07) is 17.6. The molecule has 8 heteroatoms. The zero-order valence-corrected chi connectivity index (χ0v) is 17.3. The van der Waals surface area contributed by atoms with E-state index in [1.54, 1.807) is 36.7 Å². The van der Waals surface area contributed by atoms with Crippen LogP contribution in [0.25, 0.3) is 22.6 Å². The van der Waals surface area contributed by atoms with E-state index < -0.39 is 5.91 Å². The van der Waals surface area contributed by atoms with Gasteiger partial charge in [-0.2, -0.15) is 5.10 Å². The Kier molecular flexibility index (Phi) is 5.49. The minimum absolute atomic E-state index is 0.227. The number of amides is 1. The van der Waals surface area contributed by atoms with Crippen molar-refractivity contribution in [2.45, 2.75) is 6.54 Å². The summed E-state index contributed by atoms with van der Waals surface area (Å²) in [5.74, 6) is 0.0783. The fraction of sp³-hybridized carbons (Fsp3) is 0.0455. The van der Waals surface area contributed by atoms with Crippen LogP contribution in [0.3, 0.4) is 0 Å². The molecule has 2 N–H and O–H groups in total. The largest absolute Gasteiger partial charge is 0.366 e. The molecule has 0 spiro atoms. The first-order chi connectivity index (χ1) is 14.5. The van der Waals surface area contributed by atoms with Gasteiger partial charge in [0.1, 0.15) is 0 Å². The van der Waals surface area contributed by atoms with Gasteiger partial charge in [0.25, 0.3) is 5.56 Å². The maximum atomic E-state index is 12.4. The van der Waals surface area contributed by atoms with Crippen molar-refractivity contribution in [2.75, 3.05) is 0 Å². The predicted molar refractivity (Wildman–Crippen MR) is 117 cm³/mol. The first-order valence-electron chi connectivity index (χ1n) is 9.05. The minimum Gasteiger partial charge on any atom is -0.366 e. The van der Waals surface area contributed by atoms with Gasteiger partial charge in [0.05, 0.1) is 16.7 Å². The maximum Gasteiger partial charge on any atom is 0.267 e. The quantitative estimate of drug-likeness (QED) is 0.490. The van der Waals surface area contributed by atoms with Crippen LogP contribution in [0.5, 0.6) is 0 Å². The lowest BCUT2D eigenvalue weighted by Gasteiger charge is -2.09. The Morgan fingerprint density at radius 3 is 2.47 bits per heavy atom. The standard InChI is InChI=1S/C22H16BrN5O2/c23-18-11-25-22(26-12-18)17-6-1-3-14(9-17)13-28-20(29)8-7-19(27-28)15-4-2-5-16(10-15)21(24)30/h1-12H,13H2,(H2,24,30). The number of benzene rings is 2. The molecule has 0 saturated carbocycles. The third-order valence-electron chi connectivity index (χ3n) is 4.45. The number of nitrogens with zero attached hydrogens (tertiary/aromatic N) is 4. The summed E-state index contributed by atoms with van der Waals surface area (Å²) >= 11 is 3.33. The Hall–Kier alpha value is -3.65. The molecule has 4 rings (SSSR count). The number of aromatic nitrogens is 4. The SMILES string of the molecule is NC(=O)c1cccc(-c2ccc(=O)n(Cc3cccc(-c4ncc(Br)cn4)c3)n2)c1. The normalized spacial score (nSPS) is 10.7. The first-order valence-corrected chi connectivity index (χ1v) is 9.84. The summed E-state index contributed by atoms with van der Waals surface area (Å²) in [5.41, 5.74) is 8.53. The molecule has 2 heterocycles. The second kappa shape index (κ2) is 8.38. The van der Waals surface area contributed by atoms with E-state index in [-0.39, 0.29) is 12.1 Å². The van der Waals surface area contributed by atoms with Gasteiger partial charge in [0, 0.05) is 35.2 Å². The van der Waals surface area contributed by atoms with Crippen LogP contribution in [0.1, 0.15) is 15.9 Å². The summed E-state index contributed by atoms with van der Waals surface area (Å²) in [6.45, 7) is 0.284. The third-order valence-corrected chi connectivity index (χ3v) is 4.86. The molecular formula is C22H16BrN5O2. The molecule has 2 aromatic carbocycles. The van der Waals surface area contributed by atoms with E-state index in [1.165, 1.54) is 10.7 Å². The van der Waals surface area contributed by atoms with E-state index in [4.69, 9.17) is 5.73 Å². The number of halogens is 1. The molecule has 0 fully saturated rings. The molecule has 0 unspecified atom stereocenters. The molecule has 148 valence electrons. The fourth-order valence-electron chi connectivity index (χ4n) is 2.99. The number of hydrogen-bond donors (Lipinski definition) is 1. The van der Waals surface area contributed by atoms with E-state index in [2.05, 4.69) is 31.0 Å². The molecule has 0 atom stereocenters. The number of primary amides is 1. The molecule has 0 radical (unpaired) electrons. The summed E-state index contributed by atoms with van der Waals surface area (Å²) in [4.78, 5) is 32.4. The van der Waals surface area contributed by atoms with E-state index in [0.717, 1.165) is 15.6 Å². The highest BCUT2D eigenvalue weighted by atomic mass is 79.9. The predicted octanol–water partition coefficient (Wildman–Crippen LogP) is 3.28. The molecule has 0 saturated heterocycles. The average molecular weight is 462 g/mol. The molecule has 0 aliphatic carbocycles. The summed E-state index contributed by atoms with van der Waals surface area (Å²) in [5, 5.41) is 4.47. The van der Waals surface area contributed by atoms with Gasteiger partial charge in [0.2, 0.25) is 5.91 Å². The van der Waals surface area contributed by atoms with Crippen molar-refractivity contribution >= 4 is 21.8 Å². The Labute approximate surface area is 180 Å². The van der Waals surface area contributed by atoms with Crippen molar-refractivity contribution in [1.82, 2.24) is 19.7 Å². The van der Waals surface area contributed by atoms with Crippen LogP contribution in [-0.2, 0) is 6.54 Å². The van der Waals surface area contributed by atoms with Crippen molar-refractivity contribution in [3.05, 3.63) is 99.0 Å². The number of rotatable bonds is 5. The molecule has 0 bridgehead atoms. The van der Waals surface area contributed by atoms with Gasteiger partial charge in [0.15, 0.2) is 5.82 Å². The molecule has 0 aliphatic rings. The van der Waals surface area contributed by atoms with Gasteiger partial charge in [-0.25, -0.2) is 14.6 Å². The maximum absolute atomic E-state index is 12.4. The second-order valence-corrected chi connectivity index (χ2v) is 7.50. The summed E-state index contributed by atoms with van der Waals surface area (Å²) in [6.07, 6.45) is 3.37. The summed E-state index contributed by atoms with van der Waals surface area (Å²) in [7, 11) is 0. The molecule has 4 aromatic rings. The highest BCUT2D eigenvalue weighted by Crippen LogP contribution is 2.19. The lowest BCUT2D eigenvalue weighted by molar-refractivity contribution is 0.100. The minimum atomic E-state index is -0.517. The Balaban J connectivity index is 1.66. The monoisotopic (exact) mass is 461 g/mol. The lowest BCUT2D eigenvalue weighted by atomic mass is 10.1. The highest BCUT2D eigenvalue weighted by molar-refractivity contribution is 9.10. The van der Waals surface area contributed by atoms with Crippen LogP contribution < -0.4 is 11.3 Å². The van der Waals surface area contributed by atoms with Crippen LogP contribution in [0.2, 0.25) is 0 Å². The molecule has 30 heavy (non-hydrogen) atoms. The molecular weight excluding hydrogens is 446 g/mol. The van der Waals surface area contributed by atoms with Crippen LogP contribution in [0.4, 0.5) is 0 Å². The Bertz CT molecular complexity index is 1290. The molecule has 0 aliphatic heterocycles. The van der Waals surface area contributed by atoms with E-state index in [9.17, 15) is 9.59 Å².